The van der Waals surface area contributed by atoms with Gasteiger partial charge in [0.05, 0.1) is 13.2 Å². The molecule has 0 aliphatic rings. The molecular formula is C24H24N2O4. The second-order valence-electron chi connectivity index (χ2n) is 6.57. The van der Waals surface area contributed by atoms with Crippen LogP contribution in [0.15, 0.2) is 84.9 Å². The topological polar surface area (TPSA) is 76.7 Å². The number of anilines is 2. The molecular weight excluding hydrogens is 380 g/mol. The van der Waals surface area contributed by atoms with E-state index in [1.807, 2.05) is 60.7 Å². The van der Waals surface area contributed by atoms with Gasteiger partial charge in [0.25, 0.3) is 0 Å². The Kier molecular flexibility index (Phi) is 7.85. The molecule has 0 heterocycles. The molecule has 6 heteroatoms. The summed E-state index contributed by atoms with van der Waals surface area (Å²) in [6.07, 6.45) is 0.309. The lowest BCUT2D eigenvalue weighted by Crippen LogP contribution is -2.15. The molecule has 0 spiro atoms. The quantitative estimate of drug-likeness (QED) is 0.536. The molecule has 0 unspecified atom stereocenters. The molecule has 0 saturated carbocycles. The van der Waals surface area contributed by atoms with E-state index in [1.54, 1.807) is 24.3 Å². The molecule has 154 valence electrons. The molecule has 0 saturated heterocycles. The van der Waals surface area contributed by atoms with Crippen molar-refractivity contribution in [3.8, 4) is 0 Å². The van der Waals surface area contributed by atoms with E-state index in [0.717, 1.165) is 11.1 Å². The molecule has 6 nitrogen and oxygen atoms in total. The number of carbonyl (C=O) groups excluding carboxylic acids is 2. The summed E-state index contributed by atoms with van der Waals surface area (Å²) in [4.78, 5) is 23.5. The first-order valence-corrected chi connectivity index (χ1v) is 9.74. The van der Waals surface area contributed by atoms with Crippen LogP contribution >= 0.6 is 0 Å². The van der Waals surface area contributed by atoms with Crippen molar-refractivity contribution >= 4 is 23.6 Å². The van der Waals surface area contributed by atoms with Crippen molar-refractivity contribution in [3.05, 3.63) is 96.1 Å². The number of benzene rings is 3. The van der Waals surface area contributed by atoms with Crippen LogP contribution in [0.4, 0.5) is 21.0 Å². The van der Waals surface area contributed by atoms with Gasteiger partial charge in [0.15, 0.2) is 0 Å². The molecule has 0 aliphatic carbocycles. The Morgan fingerprint density at radius 1 is 0.567 bits per heavy atom. The lowest BCUT2D eigenvalue weighted by molar-refractivity contribution is 0.162. The van der Waals surface area contributed by atoms with E-state index in [1.165, 1.54) is 0 Å². The Hall–Kier alpha value is -3.80. The van der Waals surface area contributed by atoms with Gasteiger partial charge >= 0.3 is 12.2 Å². The van der Waals surface area contributed by atoms with Gasteiger partial charge < -0.3 is 9.47 Å². The fourth-order valence-electron chi connectivity index (χ4n) is 2.75. The highest BCUT2D eigenvalue weighted by molar-refractivity contribution is 5.84. The minimum Gasteiger partial charge on any atom is -0.449 e. The first-order valence-electron chi connectivity index (χ1n) is 9.74. The van der Waals surface area contributed by atoms with Crippen molar-refractivity contribution in [2.24, 2.45) is 0 Å². The van der Waals surface area contributed by atoms with Crippen molar-refractivity contribution < 1.29 is 19.1 Å². The highest BCUT2D eigenvalue weighted by atomic mass is 16.6. The standard InChI is InChI=1S/C24H24N2O4/c27-23(25-21-7-3-1-4-8-21)29-17-15-19-11-13-20(14-12-19)16-18-30-24(28)26-22-9-5-2-6-10-22/h1-14H,15-18H2,(H,25,27)(H,26,28). The number of ether oxygens (including phenoxy) is 2. The minimum absolute atomic E-state index is 0.292. The van der Waals surface area contributed by atoms with E-state index >= 15 is 0 Å². The van der Waals surface area contributed by atoms with Gasteiger partial charge in [-0.25, -0.2) is 9.59 Å². The van der Waals surface area contributed by atoms with Crippen LogP contribution in [-0.4, -0.2) is 25.4 Å². The summed E-state index contributed by atoms with van der Waals surface area (Å²) >= 11 is 0. The predicted octanol–water partition coefficient (Wildman–Crippen LogP) is 5.27. The number of rotatable bonds is 8. The molecule has 2 N–H and O–H groups in total. The third-order valence-electron chi connectivity index (χ3n) is 4.31. The van der Waals surface area contributed by atoms with Crippen molar-refractivity contribution in [1.82, 2.24) is 0 Å². The summed E-state index contributed by atoms with van der Waals surface area (Å²) < 4.78 is 10.4. The van der Waals surface area contributed by atoms with E-state index in [4.69, 9.17) is 9.47 Å². The van der Waals surface area contributed by atoms with Crippen molar-refractivity contribution in [3.63, 3.8) is 0 Å². The Morgan fingerprint density at radius 3 is 1.30 bits per heavy atom. The highest BCUT2D eigenvalue weighted by Gasteiger charge is 2.05. The Labute approximate surface area is 175 Å². The zero-order valence-corrected chi connectivity index (χ0v) is 16.5. The number of para-hydroxylation sites is 2. The molecule has 0 fully saturated rings. The first kappa shape index (κ1) is 20.9. The number of amides is 2. The normalized spacial score (nSPS) is 10.1. The number of hydrogen-bond acceptors (Lipinski definition) is 4. The molecule has 0 aromatic heterocycles. The fourth-order valence-corrected chi connectivity index (χ4v) is 2.75. The monoisotopic (exact) mass is 404 g/mol. The van der Waals surface area contributed by atoms with Crippen LogP contribution in [0.3, 0.4) is 0 Å². The zero-order valence-electron chi connectivity index (χ0n) is 16.5. The molecule has 0 bridgehead atoms. The second-order valence-corrected chi connectivity index (χ2v) is 6.57. The molecule has 3 aromatic rings. The van der Waals surface area contributed by atoms with Crippen molar-refractivity contribution in [1.29, 1.82) is 0 Å². The Bertz CT molecular complexity index is 850. The Morgan fingerprint density at radius 2 is 0.933 bits per heavy atom. The van der Waals surface area contributed by atoms with Crippen LogP contribution in [0.2, 0.25) is 0 Å². The average Bonchev–Trinajstić information content (AvgIpc) is 2.76. The van der Waals surface area contributed by atoms with Gasteiger partial charge in [0.2, 0.25) is 0 Å². The van der Waals surface area contributed by atoms with Gasteiger partial charge in [-0.15, -0.1) is 0 Å². The van der Waals surface area contributed by atoms with Gasteiger partial charge in [-0.1, -0.05) is 60.7 Å². The van der Waals surface area contributed by atoms with Gasteiger partial charge in [-0.3, -0.25) is 10.6 Å². The summed E-state index contributed by atoms with van der Waals surface area (Å²) in [6, 6.07) is 26.3. The van der Waals surface area contributed by atoms with Crippen molar-refractivity contribution in [2.75, 3.05) is 23.8 Å². The molecule has 30 heavy (non-hydrogen) atoms. The molecule has 3 aromatic carbocycles. The van der Waals surface area contributed by atoms with Crippen LogP contribution in [0.5, 0.6) is 0 Å². The van der Waals surface area contributed by atoms with Crippen LogP contribution < -0.4 is 10.6 Å². The zero-order chi connectivity index (χ0) is 21.0. The van der Waals surface area contributed by atoms with Crippen LogP contribution in [0.1, 0.15) is 11.1 Å². The maximum Gasteiger partial charge on any atom is 0.411 e. The van der Waals surface area contributed by atoms with Gasteiger partial charge in [-0.05, 0) is 35.4 Å². The molecule has 0 atom stereocenters. The van der Waals surface area contributed by atoms with Crippen LogP contribution in [0, 0.1) is 0 Å². The van der Waals surface area contributed by atoms with Gasteiger partial charge in [0.1, 0.15) is 0 Å². The maximum atomic E-state index is 11.8. The molecule has 0 aliphatic heterocycles. The summed E-state index contributed by atoms with van der Waals surface area (Å²) in [6.45, 7) is 0.585. The van der Waals surface area contributed by atoms with Crippen LogP contribution in [-0.2, 0) is 22.3 Å². The summed E-state index contributed by atoms with van der Waals surface area (Å²) in [5.41, 5.74) is 3.53. The van der Waals surface area contributed by atoms with E-state index in [-0.39, 0.29) is 0 Å². The predicted molar refractivity (Wildman–Crippen MR) is 117 cm³/mol. The SMILES string of the molecule is O=C(Nc1ccccc1)OCCc1ccc(CCOC(=O)Nc2ccccc2)cc1. The smallest absolute Gasteiger partial charge is 0.411 e. The summed E-state index contributed by atoms with van der Waals surface area (Å²) in [5, 5.41) is 5.35. The Balaban J connectivity index is 1.32. The number of nitrogens with one attached hydrogen (secondary N) is 2. The summed E-state index contributed by atoms with van der Waals surface area (Å²) in [7, 11) is 0. The fraction of sp³-hybridized carbons (Fsp3) is 0.167. The highest BCUT2D eigenvalue weighted by Crippen LogP contribution is 2.09. The minimum atomic E-state index is -0.469. The lowest BCUT2D eigenvalue weighted by atomic mass is 10.1. The van der Waals surface area contributed by atoms with Gasteiger partial charge in [0, 0.05) is 24.2 Å². The number of carbonyl (C=O) groups is 2. The molecule has 0 radical (unpaired) electrons. The maximum absolute atomic E-state index is 11.8. The second kappa shape index (κ2) is 11.3. The van der Waals surface area contributed by atoms with Crippen molar-refractivity contribution in [2.45, 2.75) is 12.8 Å². The van der Waals surface area contributed by atoms with E-state index in [9.17, 15) is 9.59 Å². The molecule has 2 amide bonds. The number of hydrogen-bond donors (Lipinski definition) is 2. The largest absolute Gasteiger partial charge is 0.449 e. The first-order chi connectivity index (χ1) is 14.7. The summed E-state index contributed by atoms with van der Waals surface area (Å²) in [5.74, 6) is 0. The van der Waals surface area contributed by atoms with Gasteiger partial charge in [-0.2, -0.15) is 0 Å². The molecule has 3 rings (SSSR count). The lowest BCUT2D eigenvalue weighted by Gasteiger charge is -2.08. The third kappa shape index (κ3) is 7.31. The average molecular weight is 404 g/mol. The third-order valence-corrected chi connectivity index (χ3v) is 4.31. The van der Waals surface area contributed by atoms with Crippen LogP contribution in [0.25, 0.3) is 0 Å². The van der Waals surface area contributed by atoms with E-state index < -0.39 is 12.2 Å². The van der Waals surface area contributed by atoms with E-state index in [0.29, 0.717) is 37.4 Å². The van der Waals surface area contributed by atoms with E-state index in [2.05, 4.69) is 10.6 Å².